The summed E-state index contributed by atoms with van der Waals surface area (Å²) in [6.07, 6.45) is 21.2. The molecule has 1 aliphatic heterocycles. The lowest BCUT2D eigenvalue weighted by Crippen LogP contribution is -2.60. The third-order valence-electron chi connectivity index (χ3n) is 10.6. The van der Waals surface area contributed by atoms with Crippen LogP contribution in [0.5, 0.6) is 0 Å². The largest absolute Gasteiger partial charge is 0.394 e. The van der Waals surface area contributed by atoms with Gasteiger partial charge in [0.15, 0.2) is 6.29 Å². The number of unbranched alkanes of at least 4 members (excludes halogenated alkanes) is 21. The zero-order chi connectivity index (χ0) is 39.1. The van der Waals surface area contributed by atoms with Crippen LogP contribution < -0.4 is 5.32 Å². The molecule has 0 aromatic rings. The smallest absolute Gasteiger partial charge is 0.249 e. The Morgan fingerprint density at radius 3 is 1.58 bits per heavy atom. The molecular formula is C42H81NO10. The van der Waals surface area contributed by atoms with Crippen LogP contribution in [0.2, 0.25) is 0 Å². The molecule has 0 aliphatic carbocycles. The lowest BCUT2D eigenvalue weighted by Gasteiger charge is -2.40. The van der Waals surface area contributed by atoms with E-state index in [1.807, 2.05) is 0 Å². The molecule has 1 rings (SSSR count). The molecule has 11 nitrogen and oxygen atoms in total. The lowest BCUT2D eigenvalue weighted by atomic mass is 9.98. The second-order valence-electron chi connectivity index (χ2n) is 15.4. The molecule has 53 heavy (non-hydrogen) atoms. The van der Waals surface area contributed by atoms with Gasteiger partial charge >= 0.3 is 0 Å². The number of aliphatic hydroxyl groups excluding tert-OH is 7. The van der Waals surface area contributed by atoms with Crippen molar-refractivity contribution in [3.05, 3.63) is 12.2 Å². The van der Waals surface area contributed by atoms with Gasteiger partial charge < -0.3 is 50.5 Å². The summed E-state index contributed by atoms with van der Waals surface area (Å²) in [6.45, 7) is 3.40. The van der Waals surface area contributed by atoms with Crippen molar-refractivity contribution in [2.45, 2.75) is 236 Å². The molecule has 0 aromatic carbocycles. The van der Waals surface area contributed by atoms with Crippen LogP contribution >= 0.6 is 0 Å². The number of aliphatic hydroxyl groups is 7. The van der Waals surface area contributed by atoms with E-state index in [9.17, 15) is 40.5 Å². The fourth-order valence-corrected chi connectivity index (χ4v) is 6.90. The minimum atomic E-state index is -1.66. The van der Waals surface area contributed by atoms with Crippen LogP contribution in [0, 0.1) is 0 Å². The first-order valence-corrected chi connectivity index (χ1v) is 21.6. The van der Waals surface area contributed by atoms with E-state index in [1.165, 1.54) is 89.9 Å². The van der Waals surface area contributed by atoms with Gasteiger partial charge in [-0.2, -0.15) is 0 Å². The summed E-state index contributed by atoms with van der Waals surface area (Å²) in [5.41, 5.74) is 0. The van der Waals surface area contributed by atoms with Gasteiger partial charge in [0, 0.05) is 0 Å². The van der Waals surface area contributed by atoms with Crippen LogP contribution in [0.4, 0.5) is 0 Å². The highest BCUT2D eigenvalue weighted by atomic mass is 16.7. The molecule has 1 fully saturated rings. The molecule has 314 valence electrons. The molecule has 9 unspecified atom stereocenters. The number of carbonyl (C=O) groups excluding carboxylic acids is 1. The van der Waals surface area contributed by atoms with Crippen LogP contribution in [-0.4, -0.2) is 110 Å². The quantitative estimate of drug-likeness (QED) is 0.0277. The number of hydrogen-bond donors (Lipinski definition) is 8. The molecule has 0 radical (unpaired) electrons. The summed E-state index contributed by atoms with van der Waals surface area (Å²) in [5.74, 6) is -0.707. The Bertz CT molecular complexity index is 877. The van der Waals surface area contributed by atoms with Crippen LogP contribution in [-0.2, 0) is 14.3 Å². The van der Waals surface area contributed by atoms with Crippen molar-refractivity contribution in [3.8, 4) is 0 Å². The first-order chi connectivity index (χ1) is 25.7. The highest BCUT2D eigenvalue weighted by Crippen LogP contribution is 2.23. The molecule has 1 amide bonds. The van der Waals surface area contributed by atoms with E-state index in [1.54, 1.807) is 0 Å². The van der Waals surface area contributed by atoms with Crippen molar-refractivity contribution < 1.29 is 50.0 Å². The number of hydrogen-bond acceptors (Lipinski definition) is 10. The summed E-state index contributed by atoms with van der Waals surface area (Å²) in [6, 6.07) is -1.17. The van der Waals surface area contributed by atoms with E-state index in [4.69, 9.17) is 9.47 Å². The predicted octanol–water partition coefficient (Wildman–Crippen LogP) is 6.11. The van der Waals surface area contributed by atoms with Gasteiger partial charge in [-0.1, -0.05) is 154 Å². The number of amides is 1. The zero-order valence-electron chi connectivity index (χ0n) is 33.5. The average molecular weight is 760 g/mol. The third kappa shape index (κ3) is 23.5. The van der Waals surface area contributed by atoms with Gasteiger partial charge in [-0.3, -0.25) is 4.79 Å². The van der Waals surface area contributed by atoms with Crippen molar-refractivity contribution in [1.82, 2.24) is 5.32 Å². The zero-order valence-corrected chi connectivity index (χ0v) is 33.5. The van der Waals surface area contributed by atoms with Crippen molar-refractivity contribution in [1.29, 1.82) is 0 Å². The molecule has 8 N–H and O–H groups in total. The minimum Gasteiger partial charge on any atom is -0.394 e. The van der Waals surface area contributed by atoms with Gasteiger partial charge in [-0.15, -0.1) is 0 Å². The molecule has 9 atom stereocenters. The Kier molecular flexibility index (Phi) is 31.1. The molecule has 0 saturated carbocycles. The van der Waals surface area contributed by atoms with Crippen molar-refractivity contribution in [2.75, 3.05) is 13.2 Å². The van der Waals surface area contributed by atoms with Gasteiger partial charge in [0.05, 0.1) is 25.4 Å². The maximum Gasteiger partial charge on any atom is 0.249 e. The van der Waals surface area contributed by atoms with Crippen molar-refractivity contribution in [3.63, 3.8) is 0 Å². The molecule has 0 spiro atoms. The van der Waals surface area contributed by atoms with Gasteiger partial charge in [0.25, 0.3) is 0 Å². The second-order valence-corrected chi connectivity index (χ2v) is 15.4. The van der Waals surface area contributed by atoms with E-state index in [0.717, 1.165) is 51.4 Å². The fraction of sp³-hybridized carbons (Fsp3) is 0.929. The Labute approximate surface area is 322 Å². The second kappa shape index (κ2) is 33.0. The first-order valence-electron chi connectivity index (χ1n) is 21.6. The Hall–Kier alpha value is -1.15. The monoisotopic (exact) mass is 760 g/mol. The molecular weight excluding hydrogens is 678 g/mol. The van der Waals surface area contributed by atoms with Crippen LogP contribution in [0.15, 0.2) is 12.2 Å². The summed E-state index contributed by atoms with van der Waals surface area (Å²) in [5, 5.41) is 75.4. The van der Waals surface area contributed by atoms with E-state index in [2.05, 4.69) is 31.3 Å². The Morgan fingerprint density at radius 2 is 1.09 bits per heavy atom. The SMILES string of the molecule is CCCCCCCCC/C=C\CCCCCCC(O)C(=O)NC(COC1OC(CO)C(O)C(O)C1O)C(O)C(O)CCCCCCCCCCCCC. The van der Waals surface area contributed by atoms with Crippen LogP contribution in [0.1, 0.15) is 181 Å². The van der Waals surface area contributed by atoms with E-state index >= 15 is 0 Å². The maximum atomic E-state index is 13.0. The fourth-order valence-electron chi connectivity index (χ4n) is 6.90. The third-order valence-corrected chi connectivity index (χ3v) is 10.6. The molecule has 1 saturated heterocycles. The van der Waals surface area contributed by atoms with E-state index in [-0.39, 0.29) is 6.42 Å². The topological polar surface area (TPSA) is 189 Å². The van der Waals surface area contributed by atoms with E-state index < -0.39 is 74.2 Å². The van der Waals surface area contributed by atoms with Crippen LogP contribution in [0.25, 0.3) is 0 Å². The molecule has 0 bridgehead atoms. The van der Waals surface area contributed by atoms with Gasteiger partial charge in [0.2, 0.25) is 5.91 Å². The summed E-state index contributed by atoms with van der Waals surface area (Å²) < 4.78 is 11.0. The molecule has 0 aromatic heterocycles. The predicted molar refractivity (Wildman–Crippen MR) is 210 cm³/mol. The number of carbonyl (C=O) groups is 1. The maximum absolute atomic E-state index is 13.0. The highest BCUT2D eigenvalue weighted by Gasteiger charge is 2.44. The molecule has 1 aliphatic rings. The Morgan fingerprint density at radius 1 is 0.642 bits per heavy atom. The van der Waals surface area contributed by atoms with Crippen LogP contribution in [0.3, 0.4) is 0 Å². The molecule has 11 heteroatoms. The summed E-state index contributed by atoms with van der Waals surface area (Å²) in [4.78, 5) is 13.0. The Balaban J connectivity index is 2.51. The summed E-state index contributed by atoms with van der Waals surface area (Å²) >= 11 is 0. The minimum absolute atomic E-state index is 0.248. The van der Waals surface area contributed by atoms with E-state index in [0.29, 0.717) is 19.3 Å². The van der Waals surface area contributed by atoms with Crippen molar-refractivity contribution >= 4 is 5.91 Å². The number of allylic oxidation sites excluding steroid dienone is 2. The van der Waals surface area contributed by atoms with Crippen molar-refractivity contribution in [2.24, 2.45) is 0 Å². The van der Waals surface area contributed by atoms with Gasteiger partial charge in [-0.25, -0.2) is 0 Å². The number of rotatable bonds is 35. The lowest BCUT2D eigenvalue weighted by molar-refractivity contribution is -0.303. The average Bonchev–Trinajstić information content (AvgIpc) is 3.16. The first kappa shape index (κ1) is 49.9. The van der Waals surface area contributed by atoms with Gasteiger partial charge in [0.1, 0.15) is 36.6 Å². The normalized spacial score (nSPS) is 22.9. The highest BCUT2D eigenvalue weighted by molar-refractivity contribution is 5.80. The molecule has 1 heterocycles. The van der Waals surface area contributed by atoms with Gasteiger partial charge in [-0.05, 0) is 38.5 Å². The summed E-state index contributed by atoms with van der Waals surface area (Å²) in [7, 11) is 0. The standard InChI is InChI=1S/C42H81NO10/c1-3-5-7-9-11-13-15-16-17-18-20-22-24-26-28-30-35(46)41(51)43-33(32-52-42-40(50)39(49)38(48)36(31-44)53-42)37(47)34(45)29-27-25-23-21-19-14-12-10-8-6-4-2/h17-18,33-40,42,44-50H,3-16,19-32H2,1-2H3,(H,43,51)/b18-17-. The number of ether oxygens (including phenoxy) is 2. The number of nitrogens with one attached hydrogen (secondary N) is 1.